The Bertz CT molecular complexity index is 1390. The number of aromatic nitrogens is 2. The van der Waals surface area contributed by atoms with E-state index < -0.39 is 6.09 Å². The second kappa shape index (κ2) is 7.14. The van der Waals surface area contributed by atoms with Crippen molar-refractivity contribution in [1.82, 2.24) is 9.55 Å². The Morgan fingerprint density at radius 3 is 2.71 bits per heavy atom. The Morgan fingerprint density at radius 1 is 1.13 bits per heavy atom. The lowest BCUT2D eigenvalue weighted by atomic mass is 10.0. The van der Waals surface area contributed by atoms with Crippen molar-refractivity contribution in [2.45, 2.75) is 0 Å². The van der Waals surface area contributed by atoms with Gasteiger partial charge in [0.05, 0.1) is 5.56 Å². The SMILES string of the molecule is Cn1cc(/C=C2\Oc3ccc(NC(=O)O)cc3C2=O)c2c(-c3ccccc3)ccnc21. The van der Waals surface area contributed by atoms with E-state index in [-0.39, 0.29) is 11.5 Å². The Hall–Kier alpha value is -4.39. The van der Waals surface area contributed by atoms with Crippen molar-refractivity contribution in [2.75, 3.05) is 5.32 Å². The second-order valence-corrected chi connectivity index (χ2v) is 7.20. The predicted molar refractivity (Wildman–Crippen MR) is 117 cm³/mol. The molecule has 2 aromatic heterocycles. The molecule has 152 valence electrons. The lowest BCUT2D eigenvalue weighted by Gasteiger charge is -2.05. The lowest BCUT2D eigenvalue weighted by molar-refractivity contribution is 0.101. The zero-order valence-electron chi connectivity index (χ0n) is 16.5. The molecular formula is C24H17N3O4. The first-order chi connectivity index (χ1) is 15.0. The number of hydrogen-bond acceptors (Lipinski definition) is 4. The van der Waals surface area contributed by atoms with E-state index in [4.69, 9.17) is 9.84 Å². The number of fused-ring (bicyclic) bond motifs is 2. The zero-order chi connectivity index (χ0) is 21.5. The first-order valence-electron chi connectivity index (χ1n) is 9.59. The summed E-state index contributed by atoms with van der Waals surface area (Å²) in [6, 6.07) is 16.6. The van der Waals surface area contributed by atoms with Crippen LogP contribution in [0, 0.1) is 0 Å². The highest BCUT2D eigenvalue weighted by Gasteiger charge is 2.28. The third-order valence-corrected chi connectivity index (χ3v) is 5.18. The molecule has 31 heavy (non-hydrogen) atoms. The number of carboxylic acid groups (broad SMARTS) is 1. The highest BCUT2D eigenvalue weighted by atomic mass is 16.5. The van der Waals surface area contributed by atoms with Gasteiger partial charge in [0, 0.05) is 36.1 Å². The molecule has 2 N–H and O–H groups in total. The van der Waals surface area contributed by atoms with E-state index in [2.05, 4.69) is 10.3 Å². The van der Waals surface area contributed by atoms with Gasteiger partial charge in [-0.3, -0.25) is 10.1 Å². The molecule has 0 unspecified atom stereocenters. The smallest absolute Gasteiger partial charge is 0.409 e. The molecule has 5 rings (SSSR count). The molecule has 0 bridgehead atoms. The van der Waals surface area contributed by atoms with Crippen LogP contribution in [0.5, 0.6) is 5.75 Å². The van der Waals surface area contributed by atoms with Crippen LogP contribution in [0.2, 0.25) is 0 Å². The maximum absolute atomic E-state index is 12.9. The molecule has 0 saturated heterocycles. The number of nitrogens with one attached hydrogen (secondary N) is 1. The first kappa shape index (κ1) is 18.6. The molecule has 0 atom stereocenters. The second-order valence-electron chi connectivity index (χ2n) is 7.20. The molecule has 1 aliphatic rings. The summed E-state index contributed by atoms with van der Waals surface area (Å²) < 4.78 is 7.71. The van der Waals surface area contributed by atoms with Gasteiger partial charge in [-0.2, -0.15) is 0 Å². The number of hydrogen-bond donors (Lipinski definition) is 2. The van der Waals surface area contributed by atoms with Crippen LogP contribution >= 0.6 is 0 Å². The number of pyridine rings is 1. The van der Waals surface area contributed by atoms with Crippen LogP contribution in [-0.2, 0) is 7.05 Å². The lowest BCUT2D eigenvalue weighted by Crippen LogP contribution is -2.07. The highest BCUT2D eigenvalue weighted by Crippen LogP contribution is 2.36. The molecule has 0 aliphatic carbocycles. The van der Waals surface area contributed by atoms with Gasteiger partial charge in [-0.15, -0.1) is 0 Å². The van der Waals surface area contributed by atoms with Crippen LogP contribution in [0.25, 0.3) is 28.2 Å². The molecule has 1 aliphatic heterocycles. The quantitative estimate of drug-likeness (QED) is 0.466. The van der Waals surface area contributed by atoms with Gasteiger partial charge < -0.3 is 14.4 Å². The molecule has 2 aromatic carbocycles. The van der Waals surface area contributed by atoms with Crippen molar-refractivity contribution in [2.24, 2.45) is 7.05 Å². The van der Waals surface area contributed by atoms with E-state index in [0.29, 0.717) is 17.0 Å². The van der Waals surface area contributed by atoms with E-state index in [0.717, 1.165) is 27.7 Å². The number of rotatable bonds is 3. The van der Waals surface area contributed by atoms with E-state index >= 15 is 0 Å². The van der Waals surface area contributed by atoms with Crippen molar-refractivity contribution in [3.63, 3.8) is 0 Å². The number of anilines is 1. The van der Waals surface area contributed by atoms with Gasteiger partial charge in [0.15, 0.2) is 5.76 Å². The van der Waals surface area contributed by atoms with Gasteiger partial charge in [-0.1, -0.05) is 30.3 Å². The average molecular weight is 411 g/mol. The van der Waals surface area contributed by atoms with Gasteiger partial charge in [0.2, 0.25) is 5.78 Å². The maximum Gasteiger partial charge on any atom is 0.409 e. The number of benzene rings is 2. The predicted octanol–water partition coefficient (Wildman–Crippen LogP) is 4.95. The number of allylic oxidation sites excluding steroid dienone is 1. The molecule has 0 saturated carbocycles. The molecule has 7 heteroatoms. The fraction of sp³-hybridized carbons (Fsp3) is 0.0417. The van der Waals surface area contributed by atoms with Crippen LogP contribution in [0.1, 0.15) is 15.9 Å². The summed E-state index contributed by atoms with van der Waals surface area (Å²) in [6.07, 6.45) is 4.20. The number of ether oxygens (including phenoxy) is 1. The van der Waals surface area contributed by atoms with Crippen LogP contribution in [-0.4, -0.2) is 26.5 Å². The summed E-state index contributed by atoms with van der Waals surface area (Å²) in [7, 11) is 1.90. The number of carbonyl (C=O) groups excluding carboxylic acids is 1. The van der Waals surface area contributed by atoms with Crippen LogP contribution in [0.15, 0.2) is 72.8 Å². The molecule has 1 amide bonds. The summed E-state index contributed by atoms with van der Waals surface area (Å²) in [6.45, 7) is 0. The highest BCUT2D eigenvalue weighted by molar-refractivity contribution is 6.16. The fourth-order valence-corrected chi connectivity index (χ4v) is 3.84. The minimum Gasteiger partial charge on any atom is -0.465 e. The molecule has 0 radical (unpaired) electrons. The summed E-state index contributed by atoms with van der Waals surface area (Å²) in [5.41, 5.74) is 4.29. The Labute approximate surface area is 177 Å². The third kappa shape index (κ3) is 3.22. The van der Waals surface area contributed by atoms with Crippen molar-refractivity contribution < 1.29 is 19.4 Å². The molecule has 3 heterocycles. The first-order valence-corrected chi connectivity index (χ1v) is 9.59. The number of aryl methyl sites for hydroxylation is 1. The van der Waals surface area contributed by atoms with Gasteiger partial charge >= 0.3 is 6.09 Å². The maximum atomic E-state index is 12.9. The van der Waals surface area contributed by atoms with Gasteiger partial charge in [-0.25, -0.2) is 9.78 Å². The Kier molecular flexibility index (Phi) is 4.29. The number of nitrogens with zero attached hydrogens (tertiary/aromatic N) is 2. The summed E-state index contributed by atoms with van der Waals surface area (Å²) >= 11 is 0. The zero-order valence-corrected chi connectivity index (χ0v) is 16.5. The monoisotopic (exact) mass is 411 g/mol. The minimum absolute atomic E-state index is 0.179. The molecule has 0 fully saturated rings. The number of amides is 1. The van der Waals surface area contributed by atoms with E-state index in [1.165, 1.54) is 6.07 Å². The van der Waals surface area contributed by atoms with Crippen molar-refractivity contribution in [1.29, 1.82) is 0 Å². The average Bonchev–Trinajstić information content (AvgIpc) is 3.25. The topological polar surface area (TPSA) is 93.5 Å². The Balaban J connectivity index is 1.61. The van der Waals surface area contributed by atoms with E-state index in [1.54, 1.807) is 24.4 Å². The van der Waals surface area contributed by atoms with Crippen molar-refractivity contribution in [3.05, 3.63) is 83.9 Å². The fourth-order valence-electron chi connectivity index (χ4n) is 3.84. The molecular weight excluding hydrogens is 394 g/mol. The van der Waals surface area contributed by atoms with Crippen molar-refractivity contribution in [3.8, 4) is 16.9 Å². The summed E-state index contributed by atoms with van der Waals surface area (Å²) in [4.78, 5) is 28.3. The minimum atomic E-state index is -1.20. The Morgan fingerprint density at radius 2 is 1.94 bits per heavy atom. The number of ketones is 1. The van der Waals surface area contributed by atoms with E-state index in [1.807, 2.05) is 54.2 Å². The molecule has 0 spiro atoms. The third-order valence-electron chi connectivity index (χ3n) is 5.18. The summed E-state index contributed by atoms with van der Waals surface area (Å²) in [5.74, 6) is 0.276. The largest absolute Gasteiger partial charge is 0.465 e. The van der Waals surface area contributed by atoms with E-state index in [9.17, 15) is 9.59 Å². The number of carbonyl (C=O) groups is 2. The van der Waals surface area contributed by atoms with Crippen LogP contribution < -0.4 is 10.1 Å². The van der Waals surface area contributed by atoms with Crippen LogP contribution in [0.4, 0.5) is 10.5 Å². The van der Waals surface area contributed by atoms with Gasteiger partial charge in [0.25, 0.3) is 0 Å². The van der Waals surface area contributed by atoms with Crippen molar-refractivity contribution >= 4 is 34.7 Å². The number of Topliss-reactive ketones (excluding diaryl/α,β-unsaturated/α-hetero) is 1. The van der Waals surface area contributed by atoms with Gasteiger partial charge in [0.1, 0.15) is 11.4 Å². The van der Waals surface area contributed by atoms with Gasteiger partial charge in [-0.05, 0) is 41.5 Å². The molecule has 4 aromatic rings. The normalized spacial score (nSPS) is 14.0. The standard InChI is InChI=1S/C24H17N3O4/c1-27-13-15(21-17(9-10-25-23(21)27)14-5-3-2-4-6-14)11-20-22(28)18-12-16(26-24(29)30)7-8-19(18)31-20/h2-13,26H,1H3,(H,29,30)/b20-11-. The van der Waals surface area contributed by atoms with Crippen LogP contribution in [0.3, 0.4) is 0 Å². The summed E-state index contributed by atoms with van der Waals surface area (Å²) in [5, 5.41) is 12.1. The molecule has 7 nitrogen and oxygen atoms in total.